The van der Waals surface area contributed by atoms with Gasteiger partial charge < -0.3 is 19.3 Å². The van der Waals surface area contributed by atoms with Gasteiger partial charge in [-0.15, -0.1) is 0 Å². The Kier molecular flexibility index (Phi) is 5.46. The van der Waals surface area contributed by atoms with Crippen molar-refractivity contribution in [3.63, 3.8) is 0 Å². The highest BCUT2D eigenvalue weighted by Gasteiger charge is 2.26. The van der Waals surface area contributed by atoms with Crippen LogP contribution in [0.3, 0.4) is 0 Å². The van der Waals surface area contributed by atoms with Gasteiger partial charge in [0.25, 0.3) is 0 Å². The molecule has 0 bridgehead atoms. The Balaban J connectivity index is 3.33. The molecule has 0 fully saturated rings. The zero-order valence-electron chi connectivity index (χ0n) is 11.6. The molecule has 1 aromatic rings. The average molecular weight is 265 g/mol. The number of aliphatic hydroxyl groups excluding tert-OH is 1. The Labute approximate surface area is 113 Å². The lowest BCUT2D eigenvalue weighted by molar-refractivity contribution is 0.128. The van der Waals surface area contributed by atoms with Crippen LogP contribution in [0.2, 0.25) is 0 Å². The molecule has 0 saturated carbocycles. The molecular formula is C14H19NO4. The van der Waals surface area contributed by atoms with Crippen LogP contribution in [-0.4, -0.2) is 26.4 Å². The van der Waals surface area contributed by atoms with Crippen molar-refractivity contribution in [1.29, 1.82) is 5.26 Å². The third-order valence-corrected chi connectivity index (χ3v) is 3.04. The summed E-state index contributed by atoms with van der Waals surface area (Å²) >= 11 is 0. The van der Waals surface area contributed by atoms with E-state index in [1.165, 1.54) is 21.3 Å². The van der Waals surface area contributed by atoms with Crippen LogP contribution in [0.25, 0.3) is 0 Å². The maximum Gasteiger partial charge on any atom is 0.203 e. The molecule has 0 heterocycles. The van der Waals surface area contributed by atoms with Gasteiger partial charge >= 0.3 is 0 Å². The van der Waals surface area contributed by atoms with E-state index in [9.17, 15) is 5.11 Å². The molecule has 0 aliphatic carbocycles. The van der Waals surface area contributed by atoms with Gasteiger partial charge in [0.2, 0.25) is 5.75 Å². The molecule has 0 amide bonds. The average Bonchev–Trinajstić information content (AvgIpc) is 2.46. The predicted octanol–water partition coefficient (Wildman–Crippen LogP) is 2.30. The van der Waals surface area contributed by atoms with Crippen LogP contribution in [0.4, 0.5) is 0 Å². The lowest BCUT2D eigenvalue weighted by Gasteiger charge is -2.21. The third kappa shape index (κ3) is 2.91. The summed E-state index contributed by atoms with van der Waals surface area (Å²) in [6.07, 6.45) is -0.375. The highest BCUT2D eigenvalue weighted by atomic mass is 16.5. The van der Waals surface area contributed by atoms with Crippen LogP contribution < -0.4 is 14.2 Å². The molecule has 5 heteroatoms. The molecule has 0 aliphatic rings. The number of benzene rings is 1. The number of rotatable bonds is 6. The van der Waals surface area contributed by atoms with Crippen molar-refractivity contribution in [2.24, 2.45) is 5.92 Å². The van der Waals surface area contributed by atoms with E-state index in [0.717, 1.165) is 0 Å². The molecule has 1 aromatic carbocycles. The molecule has 1 rings (SSSR count). The van der Waals surface area contributed by atoms with Crippen LogP contribution in [0, 0.1) is 17.2 Å². The minimum absolute atomic E-state index is 0.392. The first-order valence-electron chi connectivity index (χ1n) is 6.01. The largest absolute Gasteiger partial charge is 0.493 e. The number of ether oxygens (including phenoxy) is 3. The lowest BCUT2D eigenvalue weighted by atomic mass is 9.93. The van der Waals surface area contributed by atoms with Gasteiger partial charge in [-0.3, -0.25) is 0 Å². The number of methoxy groups -OCH3 is 3. The molecule has 2 unspecified atom stereocenters. The minimum Gasteiger partial charge on any atom is -0.493 e. The van der Waals surface area contributed by atoms with Crippen molar-refractivity contribution in [3.05, 3.63) is 17.7 Å². The van der Waals surface area contributed by atoms with Crippen molar-refractivity contribution in [3.8, 4) is 23.3 Å². The lowest BCUT2D eigenvalue weighted by Crippen LogP contribution is -2.12. The highest BCUT2D eigenvalue weighted by molar-refractivity contribution is 5.56. The number of aliphatic hydroxyl groups is 1. The monoisotopic (exact) mass is 265 g/mol. The first-order valence-corrected chi connectivity index (χ1v) is 6.01. The fourth-order valence-electron chi connectivity index (χ4n) is 1.96. The molecular weight excluding hydrogens is 246 g/mol. The van der Waals surface area contributed by atoms with Gasteiger partial charge in [0.1, 0.15) is 0 Å². The van der Waals surface area contributed by atoms with E-state index in [4.69, 9.17) is 19.5 Å². The van der Waals surface area contributed by atoms with Crippen LogP contribution >= 0.6 is 0 Å². The van der Waals surface area contributed by atoms with Gasteiger partial charge in [0, 0.05) is 5.56 Å². The first kappa shape index (κ1) is 15.1. The summed E-state index contributed by atoms with van der Waals surface area (Å²) in [5, 5.41) is 19.3. The van der Waals surface area contributed by atoms with Gasteiger partial charge in [0.05, 0.1) is 39.4 Å². The second-order valence-corrected chi connectivity index (χ2v) is 4.01. The minimum atomic E-state index is -0.926. The number of hydrogen-bond acceptors (Lipinski definition) is 5. The standard InChI is InChI=1S/C14H19NO4/c1-5-9(8-15)12(16)10-6-7-11(17-2)14(19-4)13(10)18-3/h6-7,9,12,16H,5H2,1-4H3. The van der Waals surface area contributed by atoms with E-state index in [1.54, 1.807) is 12.1 Å². The quantitative estimate of drug-likeness (QED) is 0.854. The summed E-state index contributed by atoms with van der Waals surface area (Å²) in [4.78, 5) is 0. The zero-order valence-corrected chi connectivity index (χ0v) is 11.6. The normalized spacial score (nSPS) is 13.3. The first-order chi connectivity index (χ1) is 9.14. The Morgan fingerprint density at radius 3 is 2.21 bits per heavy atom. The Morgan fingerprint density at radius 2 is 1.79 bits per heavy atom. The highest BCUT2D eigenvalue weighted by Crippen LogP contribution is 2.43. The van der Waals surface area contributed by atoms with Crippen LogP contribution in [0.5, 0.6) is 17.2 Å². The summed E-state index contributed by atoms with van der Waals surface area (Å²) in [6, 6.07) is 5.46. The second kappa shape index (κ2) is 6.86. The van der Waals surface area contributed by atoms with Crippen molar-refractivity contribution >= 4 is 0 Å². The molecule has 0 aliphatic heterocycles. The van der Waals surface area contributed by atoms with Gasteiger partial charge in [-0.05, 0) is 18.6 Å². The van der Waals surface area contributed by atoms with Crippen LogP contribution in [0.1, 0.15) is 25.0 Å². The van der Waals surface area contributed by atoms with Crippen molar-refractivity contribution in [1.82, 2.24) is 0 Å². The van der Waals surface area contributed by atoms with E-state index >= 15 is 0 Å². The molecule has 104 valence electrons. The SMILES string of the molecule is CCC(C#N)C(O)c1ccc(OC)c(OC)c1OC. The van der Waals surface area contributed by atoms with Gasteiger partial charge in [-0.25, -0.2) is 0 Å². The van der Waals surface area contributed by atoms with Crippen molar-refractivity contribution in [2.75, 3.05) is 21.3 Å². The Bertz CT molecular complexity index is 467. The van der Waals surface area contributed by atoms with Crippen molar-refractivity contribution in [2.45, 2.75) is 19.4 Å². The summed E-state index contributed by atoms with van der Waals surface area (Å²) in [6.45, 7) is 1.85. The fourth-order valence-corrected chi connectivity index (χ4v) is 1.96. The van der Waals surface area contributed by atoms with Crippen LogP contribution in [0.15, 0.2) is 12.1 Å². The smallest absolute Gasteiger partial charge is 0.203 e. The molecule has 0 radical (unpaired) electrons. The zero-order chi connectivity index (χ0) is 14.4. The van der Waals surface area contributed by atoms with E-state index in [1.807, 2.05) is 6.92 Å². The molecule has 0 spiro atoms. The Hall–Kier alpha value is -1.93. The Morgan fingerprint density at radius 1 is 1.16 bits per heavy atom. The second-order valence-electron chi connectivity index (χ2n) is 4.01. The number of nitriles is 1. The van der Waals surface area contributed by atoms with Crippen molar-refractivity contribution < 1.29 is 19.3 Å². The molecule has 2 atom stereocenters. The van der Waals surface area contributed by atoms with Gasteiger partial charge in [0.15, 0.2) is 11.5 Å². The summed E-state index contributed by atoms with van der Waals surface area (Å²) in [7, 11) is 4.51. The summed E-state index contributed by atoms with van der Waals surface area (Å²) in [5.74, 6) is 0.824. The summed E-state index contributed by atoms with van der Waals surface area (Å²) in [5.41, 5.74) is 0.522. The fraction of sp³-hybridized carbons (Fsp3) is 0.500. The predicted molar refractivity (Wildman–Crippen MR) is 70.5 cm³/mol. The van der Waals surface area contributed by atoms with E-state index in [-0.39, 0.29) is 0 Å². The maximum atomic E-state index is 10.3. The molecule has 19 heavy (non-hydrogen) atoms. The maximum absolute atomic E-state index is 10.3. The topological polar surface area (TPSA) is 71.7 Å². The molecule has 0 aromatic heterocycles. The molecule has 0 saturated heterocycles. The van der Waals surface area contributed by atoms with Gasteiger partial charge in [-0.1, -0.05) is 6.92 Å². The van der Waals surface area contributed by atoms with Gasteiger partial charge in [-0.2, -0.15) is 5.26 Å². The molecule has 1 N–H and O–H groups in total. The van der Waals surface area contributed by atoms with E-state index < -0.39 is 12.0 Å². The van der Waals surface area contributed by atoms with Crippen LogP contribution in [-0.2, 0) is 0 Å². The van der Waals surface area contributed by atoms with E-state index in [2.05, 4.69) is 6.07 Å². The molecule has 5 nitrogen and oxygen atoms in total. The number of nitrogens with zero attached hydrogens (tertiary/aromatic N) is 1. The third-order valence-electron chi connectivity index (χ3n) is 3.04. The summed E-state index contributed by atoms with van der Waals surface area (Å²) < 4.78 is 15.7. The number of hydrogen-bond donors (Lipinski definition) is 1. The van der Waals surface area contributed by atoms with E-state index in [0.29, 0.717) is 29.2 Å².